The molecule has 0 aliphatic carbocycles. The monoisotopic (exact) mass is 432 g/mol. The van der Waals surface area contributed by atoms with Crippen molar-refractivity contribution >= 4 is 21.8 Å². The van der Waals surface area contributed by atoms with Gasteiger partial charge >= 0.3 is 0 Å². The van der Waals surface area contributed by atoms with E-state index in [1.807, 2.05) is 0 Å². The molecule has 6 nitrogen and oxygen atoms in total. The van der Waals surface area contributed by atoms with E-state index in [0.717, 1.165) is 0 Å². The SMILES string of the molecule is CCN(CC)S(=O)(=O)c1ccc(=O)n(Cc2ccc(SC(F)F)c(OC)c2)c1. The number of thioether (sulfide) groups is 1. The molecule has 0 aliphatic heterocycles. The summed E-state index contributed by atoms with van der Waals surface area (Å²) >= 11 is 0.370. The van der Waals surface area contributed by atoms with Crippen LogP contribution in [0.2, 0.25) is 0 Å². The maximum absolute atomic E-state index is 12.7. The van der Waals surface area contributed by atoms with Crippen LogP contribution in [0.5, 0.6) is 5.75 Å². The highest BCUT2D eigenvalue weighted by Gasteiger charge is 2.22. The average Bonchev–Trinajstić information content (AvgIpc) is 2.64. The van der Waals surface area contributed by atoms with E-state index < -0.39 is 15.8 Å². The van der Waals surface area contributed by atoms with Crippen molar-refractivity contribution in [3.8, 4) is 5.75 Å². The number of aromatic nitrogens is 1. The maximum atomic E-state index is 12.7. The van der Waals surface area contributed by atoms with Gasteiger partial charge in [0.15, 0.2) is 0 Å². The van der Waals surface area contributed by atoms with Crippen LogP contribution >= 0.6 is 11.8 Å². The van der Waals surface area contributed by atoms with Crippen molar-refractivity contribution in [2.24, 2.45) is 0 Å². The fourth-order valence-electron chi connectivity index (χ4n) is 2.70. The Balaban J connectivity index is 2.38. The lowest BCUT2D eigenvalue weighted by Gasteiger charge is -2.19. The Bertz CT molecular complexity index is 974. The third-order valence-corrected chi connectivity index (χ3v) is 6.90. The van der Waals surface area contributed by atoms with E-state index in [-0.39, 0.29) is 27.6 Å². The summed E-state index contributed by atoms with van der Waals surface area (Å²) in [7, 11) is -2.33. The van der Waals surface area contributed by atoms with Gasteiger partial charge in [-0.1, -0.05) is 31.7 Å². The molecule has 0 radical (unpaired) electrons. The predicted octanol–water partition coefficient (Wildman–Crippen LogP) is 3.25. The Hall–Kier alpha value is -1.91. The third kappa shape index (κ3) is 5.12. The van der Waals surface area contributed by atoms with Gasteiger partial charge in [-0.2, -0.15) is 13.1 Å². The van der Waals surface area contributed by atoms with Gasteiger partial charge in [-0.15, -0.1) is 0 Å². The Morgan fingerprint density at radius 3 is 2.43 bits per heavy atom. The quantitative estimate of drug-likeness (QED) is 0.569. The molecule has 1 aromatic heterocycles. The number of benzene rings is 1. The van der Waals surface area contributed by atoms with Crippen molar-refractivity contribution in [2.75, 3.05) is 20.2 Å². The number of ether oxygens (including phenoxy) is 1. The standard InChI is InChI=1S/C18H22F2N2O4S2/c1-4-22(5-2)28(24,25)14-7-9-17(23)21(12-14)11-13-6-8-16(27-18(19)20)15(10-13)26-3/h6-10,12,18H,4-5,11H2,1-3H3. The zero-order valence-corrected chi connectivity index (χ0v) is 17.4. The first-order valence-electron chi connectivity index (χ1n) is 8.55. The second-order valence-electron chi connectivity index (χ2n) is 5.78. The molecule has 28 heavy (non-hydrogen) atoms. The van der Waals surface area contributed by atoms with Crippen LogP contribution in [0, 0.1) is 0 Å². The lowest BCUT2D eigenvalue weighted by atomic mass is 10.2. The molecular weight excluding hydrogens is 410 g/mol. The van der Waals surface area contributed by atoms with Gasteiger partial charge in [-0.3, -0.25) is 4.79 Å². The molecule has 2 rings (SSSR count). The number of methoxy groups -OCH3 is 1. The van der Waals surface area contributed by atoms with Gasteiger partial charge in [0.05, 0.1) is 23.4 Å². The molecule has 2 aromatic rings. The van der Waals surface area contributed by atoms with Crippen molar-refractivity contribution in [3.63, 3.8) is 0 Å². The molecule has 0 fully saturated rings. The summed E-state index contributed by atoms with van der Waals surface area (Å²) in [6.45, 7) is 4.19. The highest BCUT2D eigenvalue weighted by molar-refractivity contribution is 7.99. The zero-order chi connectivity index (χ0) is 20.9. The van der Waals surface area contributed by atoms with Gasteiger partial charge in [0.2, 0.25) is 10.0 Å². The van der Waals surface area contributed by atoms with E-state index in [1.165, 1.54) is 40.4 Å². The van der Waals surface area contributed by atoms with E-state index >= 15 is 0 Å². The van der Waals surface area contributed by atoms with Crippen LogP contribution in [-0.4, -0.2) is 43.2 Å². The van der Waals surface area contributed by atoms with Gasteiger partial charge in [0.1, 0.15) is 5.75 Å². The molecule has 1 aromatic carbocycles. The lowest BCUT2D eigenvalue weighted by molar-refractivity contribution is 0.251. The summed E-state index contributed by atoms with van der Waals surface area (Å²) < 4.78 is 58.3. The molecule has 0 saturated heterocycles. The molecule has 0 N–H and O–H groups in total. The molecule has 0 spiro atoms. The molecule has 0 aliphatic rings. The minimum absolute atomic E-state index is 0.0210. The first-order chi connectivity index (χ1) is 13.2. The summed E-state index contributed by atoms with van der Waals surface area (Å²) in [6, 6.07) is 7.14. The molecule has 1 heterocycles. The minimum Gasteiger partial charge on any atom is -0.496 e. The second-order valence-corrected chi connectivity index (χ2v) is 8.75. The Morgan fingerprint density at radius 1 is 1.18 bits per heavy atom. The summed E-state index contributed by atoms with van der Waals surface area (Å²) in [5, 5.41) is 0. The normalized spacial score (nSPS) is 12.0. The molecule has 10 heteroatoms. The number of sulfonamides is 1. The van der Waals surface area contributed by atoms with Gasteiger partial charge in [-0.05, 0) is 23.8 Å². The van der Waals surface area contributed by atoms with Crippen LogP contribution in [0.25, 0.3) is 0 Å². The molecule has 0 saturated carbocycles. The second kappa shape index (κ2) is 9.53. The number of alkyl halides is 2. The first kappa shape index (κ1) is 22.4. The van der Waals surface area contributed by atoms with E-state index in [0.29, 0.717) is 30.4 Å². The number of rotatable bonds is 9. The predicted molar refractivity (Wildman–Crippen MR) is 105 cm³/mol. The smallest absolute Gasteiger partial charge is 0.289 e. The summed E-state index contributed by atoms with van der Waals surface area (Å²) in [5.74, 6) is -2.31. The molecule has 0 unspecified atom stereocenters. The largest absolute Gasteiger partial charge is 0.496 e. The highest BCUT2D eigenvalue weighted by Crippen LogP contribution is 2.34. The Labute approximate surface area is 167 Å². The van der Waals surface area contributed by atoms with Crippen LogP contribution in [0.4, 0.5) is 8.78 Å². The first-order valence-corrected chi connectivity index (χ1v) is 10.9. The topological polar surface area (TPSA) is 68.6 Å². The molecular formula is C18H22F2N2O4S2. The van der Waals surface area contributed by atoms with Crippen molar-refractivity contribution in [1.82, 2.24) is 8.87 Å². The summed E-state index contributed by atoms with van der Waals surface area (Å²) in [6.07, 6.45) is 1.30. The Morgan fingerprint density at radius 2 is 1.86 bits per heavy atom. The summed E-state index contributed by atoms with van der Waals surface area (Å²) in [5.41, 5.74) is 0.249. The van der Waals surface area contributed by atoms with Gasteiger partial charge in [-0.25, -0.2) is 8.42 Å². The zero-order valence-electron chi connectivity index (χ0n) is 15.8. The van der Waals surface area contributed by atoms with E-state index in [4.69, 9.17) is 4.74 Å². The number of hydrogen-bond acceptors (Lipinski definition) is 5. The van der Waals surface area contributed by atoms with E-state index in [9.17, 15) is 22.0 Å². The summed E-state index contributed by atoms with van der Waals surface area (Å²) in [4.78, 5) is 12.5. The lowest BCUT2D eigenvalue weighted by Crippen LogP contribution is -2.32. The molecule has 0 bridgehead atoms. The minimum atomic E-state index is -3.70. The van der Waals surface area contributed by atoms with Crippen molar-refractivity contribution in [1.29, 1.82) is 0 Å². The maximum Gasteiger partial charge on any atom is 0.289 e. The number of nitrogens with zero attached hydrogens (tertiary/aromatic N) is 2. The molecule has 0 amide bonds. The fraction of sp³-hybridized carbons (Fsp3) is 0.389. The highest BCUT2D eigenvalue weighted by atomic mass is 32.2. The third-order valence-electron chi connectivity index (χ3n) is 4.10. The van der Waals surface area contributed by atoms with Crippen LogP contribution in [-0.2, 0) is 16.6 Å². The number of pyridine rings is 1. The van der Waals surface area contributed by atoms with Crippen LogP contribution in [0.1, 0.15) is 19.4 Å². The van der Waals surface area contributed by atoms with Crippen LogP contribution in [0.3, 0.4) is 0 Å². The average molecular weight is 433 g/mol. The Kier molecular flexibility index (Phi) is 7.62. The molecule has 0 atom stereocenters. The van der Waals surface area contributed by atoms with Crippen molar-refractivity contribution in [2.45, 2.75) is 35.9 Å². The number of halogens is 2. The van der Waals surface area contributed by atoms with Gasteiger partial charge in [0.25, 0.3) is 11.3 Å². The van der Waals surface area contributed by atoms with E-state index in [1.54, 1.807) is 26.0 Å². The van der Waals surface area contributed by atoms with Crippen LogP contribution < -0.4 is 10.3 Å². The van der Waals surface area contributed by atoms with Gasteiger partial charge < -0.3 is 9.30 Å². The van der Waals surface area contributed by atoms with Gasteiger partial charge in [0, 0.05) is 25.4 Å². The van der Waals surface area contributed by atoms with Crippen molar-refractivity contribution < 1.29 is 21.9 Å². The van der Waals surface area contributed by atoms with Crippen molar-refractivity contribution in [3.05, 3.63) is 52.4 Å². The number of hydrogen-bond donors (Lipinski definition) is 0. The fourth-order valence-corrected chi connectivity index (χ4v) is 4.77. The van der Waals surface area contributed by atoms with E-state index in [2.05, 4.69) is 0 Å². The molecule has 154 valence electrons. The van der Waals surface area contributed by atoms with Crippen LogP contribution in [0.15, 0.2) is 51.1 Å².